The first kappa shape index (κ1) is 14.7. The van der Waals surface area contributed by atoms with E-state index in [1.165, 1.54) is 17.2 Å². The maximum absolute atomic E-state index is 14.2. The Labute approximate surface area is 140 Å². The monoisotopic (exact) mass is 316 g/mol. The third-order valence-electron chi connectivity index (χ3n) is 4.22. The van der Waals surface area contributed by atoms with Gasteiger partial charge in [0.1, 0.15) is 17.2 Å². The number of benzene rings is 3. The summed E-state index contributed by atoms with van der Waals surface area (Å²) in [4.78, 5) is 0. The highest BCUT2D eigenvalue weighted by Gasteiger charge is 2.11. The molecule has 1 aromatic heterocycles. The predicted octanol–water partition coefficient (Wildman–Crippen LogP) is 6.14. The van der Waals surface area contributed by atoms with Gasteiger partial charge < -0.3 is 4.42 Å². The molecule has 1 nitrogen and oxygen atoms in total. The fraction of sp³-hybridized carbons (Fsp3) is 0.0909. The molecule has 0 radical (unpaired) electrons. The van der Waals surface area contributed by atoms with Crippen LogP contribution in [0.4, 0.5) is 4.39 Å². The van der Waals surface area contributed by atoms with Gasteiger partial charge in [-0.3, -0.25) is 0 Å². The van der Waals surface area contributed by atoms with Gasteiger partial charge in [0, 0.05) is 5.39 Å². The lowest BCUT2D eigenvalue weighted by molar-refractivity contribution is 0.601. The summed E-state index contributed by atoms with van der Waals surface area (Å²) in [5.74, 6) is 0.318. The first-order valence-corrected chi connectivity index (χ1v) is 8.02. The molecule has 0 aliphatic heterocycles. The number of aryl methyl sites for hydroxylation is 1. The van der Waals surface area contributed by atoms with Crippen LogP contribution < -0.4 is 0 Å². The van der Waals surface area contributed by atoms with Gasteiger partial charge in [-0.1, -0.05) is 42.5 Å². The molecular weight excluding hydrogens is 299 g/mol. The smallest absolute Gasteiger partial charge is 0.138 e. The lowest BCUT2D eigenvalue weighted by atomic mass is 10.0. The van der Waals surface area contributed by atoms with Crippen LogP contribution in [0.3, 0.4) is 0 Å². The van der Waals surface area contributed by atoms with E-state index in [0.29, 0.717) is 11.3 Å². The number of halogens is 1. The highest BCUT2D eigenvalue weighted by atomic mass is 19.1. The predicted molar refractivity (Wildman–Crippen MR) is 95.6 cm³/mol. The third kappa shape index (κ3) is 2.83. The van der Waals surface area contributed by atoms with Gasteiger partial charge >= 0.3 is 0 Å². The highest BCUT2D eigenvalue weighted by Crippen LogP contribution is 2.30. The number of rotatable bonds is 3. The second-order valence-electron chi connectivity index (χ2n) is 6.13. The Balaban J connectivity index is 1.71. The van der Waals surface area contributed by atoms with Crippen molar-refractivity contribution in [3.05, 3.63) is 95.3 Å². The number of furan rings is 1. The summed E-state index contributed by atoms with van der Waals surface area (Å²) in [6, 6.07) is 23.6. The first-order valence-electron chi connectivity index (χ1n) is 8.02. The summed E-state index contributed by atoms with van der Waals surface area (Å²) in [5.41, 5.74) is 4.66. The molecule has 1 heterocycles. The normalized spacial score (nSPS) is 11.1. The SMILES string of the molecule is Cc1ccc(-c2cc3cc(Cc4ccccc4)ccc3o2)c(F)c1. The van der Waals surface area contributed by atoms with Crippen molar-refractivity contribution in [2.45, 2.75) is 13.3 Å². The first-order chi connectivity index (χ1) is 11.7. The average Bonchev–Trinajstić information content (AvgIpc) is 2.98. The van der Waals surface area contributed by atoms with E-state index in [-0.39, 0.29) is 5.82 Å². The average molecular weight is 316 g/mol. The molecule has 0 atom stereocenters. The Kier molecular flexibility index (Phi) is 3.66. The molecule has 0 bridgehead atoms. The van der Waals surface area contributed by atoms with E-state index in [0.717, 1.165) is 23.0 Å². The van der Waals surface area contributed by atoms with Crippen LogP contribution in [0.25, 0.3) is 22.3 Å². The van der Waals surface area contributed by atoms with Crippen molar-refractivity contribution in [3.8, 4) is 11.3 Å². The maximum atomic E-state index is 14.2. The number of hydrogen-bond acceptors (Lipinski definition) is 1. The van der Waals surface area contributed by atoms with Gasteiger partial charge in [-0.15, -0.1) is 0 Å². The van der Waals surface area contributed by atoms with Gasteiger partial charge in [0.2, 0.25) is 0 Å². The lowest BCUT2D eigenvalue weighted by Crippen LogP contribution is -1.86. The molecule has 0 N–H and O–H groups in total. The van der Waals surface area contributed by atoms with Crippen LogP contribution in [-0.4, -0.2) is 0 Å². The maximum Gasteiger partial charge on any atom is 0.138 e. The summed E-state index contributed by atoms with van der Waals surface area (Å²) < 4.78 is 20.0. The Hall–Kier alpha value is -2.87. The topological polar surface area (TPSA) is 13.1 Å². The van der Waals surface area contributed by atoms with Gasteiger partial charge in [0.15, 0.2) is 0 Å². The Morgan fingerprint density at radius 3 is 2.46 bits per heavy atom. The molecule has 0 saturated heterocycles. The van der Waals surface area contributed by atoms with Crippen LogP contribution in [0.1, 0.15) is 16.7 Å². The molecule has 0 amide bonds. The molecule has 0 spiro atoms. The van der Waals surface area contributed by atoms with Gasteiger partial charge in [0.25, 0.3) is 0 Å². The van der Waals surface area contributed by atoms with E-state index in [2.05, 4.69) is 24.3 Å². The fourth-order valence-corrected chi connectivity index (χ4v) is 2.99. The van der Waals surface area contributed by atoms with Crippen LogP contribution >= 0.6 is 0 Å². The second-order valence-corrected chi connectivity index (χ2v) is 6.13. The minimum atomic E-state index is -0.251. The molecule has 0 saturated carbocycles. The minimum Gasteiger partial charge on any atom is -0.456 e. The molecule has 4 rings (SSSR count). The molecule has 0 aliphatic rings. The van der Waals surface area contributed by atoms with Crippen LogP contribution in [0, 0.1) is 12.7 Å². The van der Waals surface area contributed by atoms with E-state index in [4.69, 9.17) is 4.42 Å². The van der Waals surface area contributed by atoms with Crippen LogP contribution in [0.5, 0.6) is 0 Å². The largest absolute Gasteiger partial charge is 0.456 e. The Morgan fingerprint density at radius 1 is 0.833 bits per heavy atom. The van der Waals surface area contributed by atoms with E-state index >= 15 is 0 Å². The molecule has 0 aliphatic carbocycles. The molecule has 118 valence electrons. The van der Waals surface area contributed by atoms with E-state index in [1.807, 2.05) is 43.3 Å². The van der Waals surface area contributed by atoms with Crippen molar-refractivity contribution in [1.82, 2.24) is 0 Å². The summed E-state index contributed by atoms with van der Waals surface area (Å²) >= 11 is 0. The van der Waals surface area contributed by atoms with Gasteiger partial charge in [-0.05, 0) is 60.4 Å². The van der Waals surface area contributed by atoms with Crippen molar-refractivity contribution >= 4 is 11.0 Å². The highest BCUT2D eigenvalue weighted by molar-refractivity contribution is 5.83. The van der Waals surface area contributed by atoms with Crippen molar-refractivity contribution in [2.75, 3.05) is 0 Å². The summed E-state index contributed by atoms with van der Waals surface area (Å²) in [5, 5.41) is 0.999. The van der Waals surface area contributed by atoms with Crippen LogP contribution in [0.15, 0.2) is 77.2 Å². The van der Waals surface area contributed by atoms with Gasteiger partial charge in [0.05, 0.1) is 5.56 Å². The van der Waals surface area contributed by atoms with E-state index < -0.39 is 0 Å². The fourth-order valence-electron chi connectivity index (χ4n) is 2.99. The zero-order chi connectivity index (χ0) is 16.5. The van der Waals surface area contributed by atoms with Crippen molar-refractivity contribution in [1.29, 1.82) is 0 Å². The molecule has 4 aromatic rings. The molecular formula is C22H17FO. The third-order valence-corrected chi connectivity index (χ3v) is 4.22. The quantitative estimate of drug-likeness (QED) is 0.442. The molecule has 0 fully saturated rings. The molecule has 3 aromatic carbocycles. The van der Waals surface area contributed by atoms with Gasteiger partial charge in [-0.2, -0.15) is 0 Å². The number of fused-ring (bicyclic) bond motifs is 1. The Morgan fingerprint density at radius 2 is 1.67 bits per heavy atom. The van der Waals surface area contributed by atoms with Crippen molar-refractivity contribution in [3.63, 3.8) is 0 Å². The molecule has 2 heteroatoms. The standard InChI is InChI=1S/C22H17FO/c1-15-7-9-19(20(23)11-15)22-14-18-13-17(8-10-21(18)24-22)12-16-5-3-2-4-6-16/h2-11,13-14H,12H2,1H3. The second kappa shape index (κ2) is 5.97. The van der Waals surface area contributed by atoms with Crippen molar-refractivity contribution in [2.24, 2.45) is 0 Å². The number of hydrogen-bond donors (Lipinski definition) is 0. The summed E-state index contributed by atoms with van der Waals surface area (Å²) in [6.45, 7) is 1.88. The summed E-state index contributed by atoms with van der Waals surface area (Å²) in [7, 11) is 0. The lowest BCUT2D eigenvalue weighted by Gasteiger charge is -2.01. The minimum absolute atomic E-state index is 0.251. The zero-order valence-electron chi connectivity index (χ0n) is 13.4. The summed E-state index contributed by atoms with van der Waals surface area (Å²) in [6.07, 6.45) is 0.871. The van der Waals surface area contributed by atoms with E-state index in [1.54, 1.807) is 6.07 Å². The molecule has 0 unspecified atom stereocenters. The van der Waals surface area contributed by atoms with Crippen LogP contribution in [0.2, 0.25) is 0 Å². The van der Waals surface area contributed by atoms with E-state index in [9.17, 15) is 4.39 Å². The van der Waals surface area contributed by atoms with Crippen LogP contribution in [-0.2, 0) is 6.42 Å². The molecule has 24 heavy (non-hydrogen) atoms. The Bertz CT molecular complexity index is 999. The van der Waals surface area contributed by atoms with Crippen molar-refractivity contribution < 1.29 is 8.81 Å². The van der Waals surface area contributed by atoms with Gasteiger partial charge in [-0.25, -0.2) is 4.39 Å². The zero-order valence-corrected chi connectivity index (χ0v) is 13.4.